The van der Waals surface area contributed by atoms with E-state index in [4.69, 9.17) is 4.74 Å². The van der Waals surface area contributed by atoms with Crippen molar-refractivity contribution >= 4 is 6.09 Å². The maximum atomic E-state index is 11.5. The van der Waals surface area contributed by atoms with Gasteiger partial charge in [0.15, 0.2) is 0 Å². The topological polar surface area (TPSA) is 41.6 Å². The van der Waals surface area contributed by atoms with Crippen molar-refractivity contribution in [3.8, 4) is 0 Å². The van der Waals surface area contributed by atoms with Gasteiger partial charge in [0.05, 0.1) is 6.61 Å². The van der Waals surface area contributed by atoms with Crippen molar-refractivity contribution in [1.82, 2.24) is 10.2 Å². The lowest BCUT2D eigenvalue weighted by atomic mass is 9.84. The minimum atomic E-state index is -0.134. The van der Waals surface area contributed by atoms with Crippen LogP contribution in [0.1, 0.15) is 26.2 Å². The summed E-state index contributed by atoms with van der Waals surface area (Å²) >= 11 is 0. The first-order valence-electron chi connectivity index (χ1n) is 6.43. The molecule has 16 heavy (non-hydrogen) atoms. The minimum Gasteiger partial charge on any atom is -0.450 e. The molecular weight excluding hydrogens is 204 g/mol. The maximum Gasteiger partial charge on any atom is 0.409 e. The Kier molecular flexibility index (Phi) is 4.04. The van der Waals surface area contributed by atoms with E-state index in [1.54, 1.807) is 0 Å². The Balaban J connectivity index is 1.75. The van der Waals surface area contributed by atoms with Gasteiger partial charge >= 0.3 is 6.09 Å². The highest BCUT2D eigenvalue weighted by atomic mass is 16.6. The predicted molar refractivity (Wildman–Crippen MR) is 62.3 cm³/mol. The number of likely N-dealkylation sites (tertiary alicyclic amines) is 1. The summed E-state index contributed by atoms with van der Waals surface area (Å²) in [6.45, 7) is 6.42. The Hall–Kier alpha value is -0.770. The van der Waals surface area contributed by atoms with Crippen LogP contribution in [0.4, 0.5) is 4.79 Å². The molecule has 2 fully saturated rings. The van der Waals surface area contributed by atoms with Gasteiger partial charge in [-0.3, -0.25) is 0 Å². The molecule has 0 spiro atoms. The third-order valence-electron chi connectivity index (χ3n) is 3.83. The van der Waals surface area contributed by atoms with Crippen LogP contribution in [-0.4, -0.2) is 43.8 Å². The van der Waals surface area contributed by atoms with E-state index >= 15 is 0 Å². The average molecular weight is 226 g/mol. The molecular formula is C12H22N2O2. The van der Waals surface area contributed by atoms with Gasteiger partial charge in [-0.15, -0.1) is 0 Å². The van der Waals surface area contributed by atoms with Gasteiger partial charge in [-0.1, -0.05) is 0 Å². The highest BCUT2D eigenvalue weighted by molar-refractivity contribution is 5.67. The van der Waals surface area contributed by atoms with Crippen LogP contribution in [0, 0.1) is 11.8 Å². The Morgan fingerprint density at radius 2 is 2.06 bits per heavy atom. The third kappa shape index (κ3) is 2.67. The molecule has 0 aromatic heterocycles. The Labute approximate surface area is 97.3 Å². The van der Waals surface area contributed by atoms with E-state index in [9.17, 15) is 4.79 Å². The van der Waals surface area contributed by atoms with E-state index in [1.807, 2.05) is 11.8 Å². The molecule has 1 unspecified atom stereocenters. The van der Waals surface area contributed by atoms with E-state index in [0.717, 1.165) is 37.8 Å². The first kappa shape index (κ1) is 11.7. The SMILES string of the molecule is CCOC(=O)N1CCC(C2CCNC2)CC1. The smallest absolute Gasteiger partial charge is 0.409 e. The summed E-state index contributed by atoms with van der Waals surface area (Å²) in [4.78, 5) is 13.4. The molecule has 2 saturated heterocycles. The second-order valence-electron chi connectivity index (χ2n) is 4.78. The van der Waals surface area contributed by atoms with Crippen molar-refractivity contribution in [3.63, 3.8) is 0 Å². The number of nitrogens with one attached hydrogen (secondary N) is 1. The second kappa shape index (κ2) is 5.53. The van der Waals surface area contributed by atoms with Crippen LogP contribution < -0.4 is 5.32 Å². The van der Waals surface area contributed by atoms with Crippen molar-refractivity contribution < 1.29 is 9.53 Å². The normalized spacial score (nSPS) is 27.1. The first-order chi connectivity index (χ1) is 7.81. The molecule has 0 aromatic carbocycles. The van der Waals surface area contributed by atoms with Gasteiger partial charge in [-0.25, -0.2) is 4.79 Å². The van der Waals surface area contributed by atoms with Crippen LogP contribution in [0.15, 0.2) is 0 Å². The molecule has 0 aromatic rings. The highest BCUT2D eigenvalue weighted by Crippen LogP contribution is 2.28. The lowest BCUT2D eigenvalue weighted by Gasteiger charge is -2.33. The summed E-state index contributed by atoms with van der Waals surface area (Å²) in [6, 6.07) is 0. The minimum absolute atomic E-state index is 0.134. The highest BCUT2D eigenvalue weighted by Gasteiger charge is 2.30. The molecule has 92 valence electrons. The number of nitrogens with zero attached hydrogens (tertiary/aromatic N) is 1. The van der Waals surface area contributed by atoms with Crippen LogP contribution in [0.2, 0.25) is 0 Å². The summed E-state index contributed by atoms with van der Waals surface area (Å²) in [7, 11) is 0. The largest absolute Gasteiger partial charge is 0.450 e. The van der Waals surface area contributed by atoms with Gasteiger partial charge in [-0.05, 0) is 51.1 Å². The van der Waals surface area contributed by atoms with Gasteiger partial charge in [0.2, 0.25) is 0 Å². The lowest BCUT2D eigenvalue weighted by Crippen LogP contribution is -2.40. The fraction of sp³-hybridized carbons (Fsp3) is 0.917. The van der Waals surface area contributed by atoms with Gasteiger partial charge in [0, 0.05) is 13.1 Å². The standard InChI is InChI=1S/C12H22N2O2/c1-2-16-12(15)14-7-4-10(5-8-14)11-3-6-13-9-11/h10-11,13H,2-9H2,1H3. The number of amides is 1. The molecule has 1 N–H and O–H groups in total. The van der Waals surface area contributed by atoms with Crippen molar-refractivity contribution in [2.45, 2.75) is 26.2 Å². The molecule has 2 aliphatic heterocycles. The van der Waals surface area contributed by atoms with E-state index < -0.39 is 0 Å². The Morgan fingerprint density at radius 3 is 2.62 bits per heavy atom. The number of rotatable bonds is 2. The van der Waals surface area contributed by atoms with Gasteiger partial charge in [0.25, 0.3) is 0 Å². The van der Waals surface area contributed by atoms with E-state index in [0.29, 0.717) is 6.61 Å². The predicted octanol–water partition coefficient (Wildman–Crippen LogP) is 1.46. The van der Waals surface area contributed by atoms with Crippen molar-refractivity contribution in [1.29, 1.82) is 0 Å². The van der Waals surface area contributed by atoms with Crippen LogP contribution in [0.3, 0.4) is 0 Å². The monoisotopic (exact) mass is 226 g/mol. The lowest BCUT2D eigenvalue weighted by molar-refractivity contribution is 0.0854. The summed E-state index contributed by atoms with van der Waals surface area (Å²) in [5.74, 6) is 1.64. The number of carbonyl (C=O) groups is 1. The second-order valence-corrected chi connectivity index (χ2v) is 4.78. The first-order valence-corrected chi connectivity index (χ1v) is 6.43. The molecule has 2 heterocycles. The average Bonchev–Trinajstić information content (AvgIpc) is 2.83. The molecule has 0 radical (unpaired) electrons. The Bertz CT molecular complexity index is 231. The van der Waals surface area contributed by atoms with E-state index in [2.05, 4.69) is 5.32 Å². The van der Waals surface area contributed by atoms with E-state index in [-0.39, 0.29) is 6.09 Å². The fourth-order valence-electron chi connectivity index (χ4n) is 2.85. The number of carbonyl (C=O) groups excluding carboxylic acids is 1. The van der Waals surface area contributed by atoms with Gasteiger partial charge < -0.3 is 15.0 Å². The quantitative estimate of drug-likeness (QED) is 0.775. The van der Waals surface area contributed by atoms with Gasteiger partial charge in [-0.2, -0.15) is 0 Å². The number of hydrogen-bond donors (Lipinski definition) is 1. The molecule has 0 saturated carbocycles. The summed E-state index contributed by atoms with van der Waals surface area (Å²) in [5.41, 5.74) is 0. The van der Waals surface area contributed by atoms with Crippen molar-refractivity contribution in [2.24, 2.45) is 11.8 Å². The molecule has 2 aliphatic rings. The molecule has 4 nitrogen and oxygen atoms in total. The number of piperidine rings is 1. The zero-order valence-corrected chi connectivity index (χ0v) is 10.1. The maximum absolute atomic E-state index is 11.5. The van der Waals surface area contributed by atoms with Crippen LogP contribution in [-0.2, 0) is 4.74 Å². The fourth-order valence-corrected chi connectivity index (χ4v) is 2.85. The summed E-state index contributed by atoms with van der Waals surface area (Å²) < 4.78 is 5.02. The zero-order chi connectivity index (χ0) is 11.4. The van der Waals surface area contributed by atoms with Crippen LogP contribution in [0.5, 0.6) is 0 Å². The molecule has 2 rings (SSSR count). The third-order valence-corrected chi connectivity index (χ3v) is 3.83. The van der Waals surface area contributed by atoms with E-state index in [1.165, 1.54) is 19.5 Å². The summed E-state index contributed by atoms with van der Waals surface area (Å²) in [6.07, 6.45) is 3.46. The van der Waals surface area contributed by atoms with Crippen molar-refractivity contribution in [3.05, 3.63) is 0 Å². The number of ether oxygens (including phenoxy) is 1. The molecule has 0 bridgehead atoms. The van der Waals surface area contributed by atoms with Crippen LogP contribution in [0.25, 0.3) is 0 Å². The van der Waals surface area contributed by atoms with Crippen molar-refractivity contribution in [2.75, 3.05) is 32.8 Å². The molecule has 1 atom stereocenters. The zero-order valence-electron chi connectivity index (χ0n) is 10.1. The molecule has 4 heteroatoms. The number of hydrogen-bond acceptors (Lipinski definition) is 3. The molecule has 0 aliphatic carbocycles. The summed E-state index contributed by atoms with van der Waals surface area (Å²) in [5, 5.41) is 3.42. The van der Waals surface area contributed by atoms with Crippen LogP contribution >= 0.6 is 0 Å². The molecule has 1 amide bonds. The van der Waals surface area contributed by atoms with Gasteiger partial charge in [0.1, 0.15) is 0 Å². The Morgan fingerprint density at radius 1 is 1.31 bits per heavy atom.